The normalized spacial score (nSPS) is 23.6. The molecule has 4 rings (SSSR count). The van der Waals surface area contributed by atoms with Crippen LogP contribution in [0.15, 0.2) is 36.5 Å². The lowest BCUT2D eigenvalue weighted by atomic mass is 9.72. The second-order valence-electron chi connectivity index (χ2n) is 7.19. The van der Waals surface area contributed by atoms with E-state index in [0.717, 1.165) is 42.6 Å². The van der Waals surface area contributed by atoms with Gasteiger partial charge in [-0.05, 0) is 57.3 Å². The van der Waals surface area contributed by atoms with E-state index in [1.54, 1.807) is 13.3 Å². The van der Waals surface area contributed by atoms with Crippen LogP contribution < -0.4 is 0 Å². The van der Waals surface area contributed by atoms with Crippen molar-refractivity contribution in [1.82, 2.24) is 9.88 Å². The molecule has 1 aliphatic carbocycles. The van der Waals surface area contributed by atoms with Crippen LogP contribution in [0.2, 0.25) is 5.02 Å². The SMILES string of the molecule is COC1=Cc2cccnc2C(O)(C2CCN(C)CC2)c2ccc(Cl)cc21. The maximum atomic E-state index is 12.2. The summed E-state index contributed by atoms with van der Waals surface area (Å²) >= 11 is 6.27. The predicted octanol–water partition coefficient (Wildman–Crippen LogP) is 3.77. The van der Waals surface area contributed by atoms with Crippen molar-refractivity contribution >= 4 is 23.4 Å². The van der Waals surface area contributed by atoms with Gasteiger partial charge in [-0.1, -0.05) is 23.7 Å². The highest BCUT2D eigenvalue weighted by Crippen LogP contribution is 2.47. The Hall–Kier alpha value is -1.88. The molecule has 1 fully saturated rings. The fraction of sp³-hybridized carbons (Fsp3) is 0.381. The van der Waals surface area contributed by atoms with E-state index in [4.69, 9.17) is 16.3 Å². The third kappa shape index (κ3) is 2.73. The Balaban J connectivity index is 1.97. The molecule has 26 heavy (non-hydrogen) atoms. The molecular weight excluding hydrogens is 348 g/mol. The van der Waals surface area contributed by atoms with Crippen LogP contribution >= 0.6 is 11.6 Å². The van der Waals surface area contributed by atoms with Gasteiger partial charge in [-0.15, -0.1) is 0 Å². The first-order valence-electron chi connectivity index (χ1n) is 8.96. The van der Waals surface area contributed by atoms with Gasteiger partial charge in [-0.2, -0.15) is 0 Å². The average molecular weight is 371 g/mol. The molecule has 0 spiro atoms. The first kappa shape index (κ1) is 17.5. The second kappa shape index (κ2) is 6.69. The van der Waals surface area contributed by atoms with Crippen molar-refractivity contribution in [2.45, 2.75) is 18.4 Å². The van der Waals surface area contributed by atoms with Gasteiger partial charge in [-0.3, -0.25) is 4.98 Å². The molecule has 5 heteroatoms. The third-order valence-corrected chi connectivity index (χ3v) is 5.91. The maximum absolute atomic E-state index is 12.2. The van der Waals surface area contributed by atoms with Gasteiger partial charge in [0.2, 0.25) is 0 Å². The van der Waals surface area contributed by atoms with Crippen molar-refractivity contribution in [1.29, 1.82) is 0 Å². The summed E-state index contributed by atoms with van der Waals surface area (Å²) < 4.78 is 5.66. The number of aromatic nitrogens is 1. The Kier molecular flexibility index (Phi) is 4.51. The molecule has 0 radical (unpaired) electrons. The standard InChI is InChI=1S/C21H23ClN2O2/c1-24-10-7-15(8-11-24)21(25)18-6-5-16(22)13-17(18)19(26-2)12-14-4-3-9-23-20(14)21/h3-6,9,12-13,15,25H,7-8,10-11H2,1-2H3. The van der Waals surface area contributed by atoms with Crippen molar-refractivity contribution in [2.75, 3.05) is 27.2 Å². The number of aliphatic hydroxyl groups is 1. The Morgan fingerprint density at radius 3 is 2.77 bits per heavy atom. The van der Waals surface area contributed by atoms with Crippen molar-refractivity contribution in [2.24, 2.45) is 5.92 Å². The van der Waals surface area contributed by atoms with Gasteiger partial charge in [0.15, 0.2) is 0 Å². The van der Waals surface area contributed by atoms with Crippen LogP contribution in [-0.4, -0.2) is 42.2 Å². The average Bonchev–Trinajstić information content (AvgIpc) is 2.76. The third-order valence-electron chi connectivity index (χ3n) is 5.67. The molecule has 0 saturated carbocycles. The largest absolute Gasteiger partial charge is 0.496 e. The highest BCUT2D eigenvalue weighted by atomic mass is 35.5. The molecule has 1 atom stereocenters. The van der Waals surface area contributed by atoms with Gasteiger partial charge in [-0.25, -0.2) is 0 Å². The van der Waals surface area contributed by atoms with Crippen LogP contribution in [-0.2, 0) is 10.3 Å². The van der Waals surface area contributed by atoms with Crippen molar-refractivity contribution < 1.29 is 9.84 Å². The Bertz CT molecular complexity index is 859. The zero-order valence-corrected chi connectivity index (χ0v) is 15.8. The molecule has 0 bridgehead atoms. The highest BCUT2D eigenvalue weighted by molar-refractivity contribution is 6.30. The Labute approximate surface area is 159 Å². The molecule has 2 aliphatic rings. The smallest absolute Gasteiger partial charge is 0.136 e. The maximum Gasteiger partial charge on any atom is 0.136 e. The Morgan fingerprint density at radius 2 is 2.04 bits per heavy atom. The topological polar surface area (TPSA) is 45.6 Å². The van der Waals surface area contributed by atoms with E-state index in [2.05, 4.69) is 16.9 Å². The molecule has 2 heterocycles. The second-order valence-corrected chi connectivity index (χ2v) is 7.62. The number of methoxy groups -OCH3 is 1. The summed E-state index contributed by atoms with van der Waals surface area (Å²) in [5, 5.41) is 12.8. The van der Waals surface area contributed by atoms with Crippen LogP contribution in [0.25, 0.3) is 11.8 Å². The zero-order chi connectivity index (χ0) is 18.3. The molecular formula is C21H23ClN2O2. The summed E-state index contributed by atoms with van der Waals surface area (Å²) in [6.45, 7) is 1.92. The first-order chi connectivity index (χ1) is 12.5. The van der Waals surface area contributed by atoms with Gasteiger partial charge in [0.1, 0.15) is 11.4 Å². The van der Waals surface area contributed by atoms with E-state index in [0.29, 0.717) is 16.5 Å². The number of pyridine rings is 1. The predicted molar refractivity (Wildman–Crippen MR) is 104 cm³/mol. The van der Waals surface area contributed by atoms with E-state index < -0.39 is 5.60 Å². The summed E-state index contributed by atoms with van der Waals surface area (Å²) in [4.78, 5) is 6.92. The molecule has 1 N–H and O–H groups in total. The molecule has 1 aliphatic heterocycles. The molecule has 136 valence electrons. The lowest BCUT2D eigenvalue weighted by Crippen LogP contribution is -2.44. The van der Waals surface area contributed by atoms with Crippen LogP contribution in [0, 0.1) is 5.92 Å². The quantitative estimate of drug-likeness (QED) is 0.874. The number of benzene rings is 1. The van der Waals surface area contributed by atoms with E-state index >= 15 is 0 Å². The minimum atomic E-state index is -1.17. The number of likely N-dealkylation sites (tertiary alicyclic amines) is 1. The van der Waals surface area contributed by atoms with Crippen LogP contribution in [0.4, 0.5) is 0 Å². The monoisotopic (exact) mass is 370 g/mol. The lowest BCUT2D eigenvalue weighted by Gasteiger charge is -2.41. The number of hydrogen-bond acceptors (Lipinski definition) is 4. The van der Waals surface area contributed by atoms with Gasteiger partial charge in [0, 0.05) is 33.8 Å². The molecule has 1 aromatic heterocycles. The number of rotatable bonds is 2. The van der Waals surface area contributed by atoms with Crippen molar-refractivity contribution in [3.05, 3.63) is 63.9 Å². The molecule has 1 saturated heterocycles. The molecule has 4 nitrogen and oxygen atoms in total. The lowest BCUT2D eigenvalue weighted by molar-refractivity contribution is -0.0146. The molecule has 0 amide bonds. The van der Waals surface area contributed by atoms with Crippen molar-refractivity contribution in [3.63, 3.8) is 0 Å². The van der Waals surface area contributed by atoms with E-state index in [1.165, 1.54) is 0 Å². The van der Waals surface area contributed by atoms with E-state index in [1.807, 2.05) is 36.4 Å². The fourth-order valence-corrected chi connectivity index (χ4v) is 4.43. The van der Waals surface area contributed by atoms with Crippen LogP contribution in [0.5, 0.6) is 0 Å². The zero-order valence-electron chi connectivity index (χ0n) is 15.1. The van der Waals surface area contributed by atoms with Crippen LogP contribution in [0.3, 0.4) is 0 Å². The van der Waals surface area contributed by atoms with Gasteiger partial charge >= 0.3 is 0 Å². The summed E-state index contributed by atoms with van der Waals surface area (Å²) in [6.07, 6.45) is 5.52. The number of halogens is 1. The number of nitrogens with zero attached hydrogens (tertiary/aromatic N) is 2. The summed E-state index contributed by atoms with van der Waals surface area (Å²) in [7, 11) is 3.77. The van der Waals surface area contributed by atoms with E-state index in [-0.39, 0.29) is 5.92 Å². The minimum absolute atomic E-state index is 0.0804. The molecule has 1 unspecified atom stereocenters. The number of fused-ring (bicyclic) bond motifs is 2. The van der Waals surface area contributed by atoms with Gasteiger partial charge in [0.05, 0.1) is 12.8 Å². The van der Waals surface area contributed by atoms with Gasteiger partial charge < -0.3 is 14.7 Å². The minimum Gasteiger partial charge on any atom is -0.496 e. The first-order valence-corrected chi connectivity index (χ1v) is 9.34. The summed E-state index contributed by atoms with van der Waals surface area (Å²) in [5.74, 6) is 0.775. The molecule has 2 aromatic rings. The van der Waals surface area contributed by atoms with Crippen molar-refractivity contribution in [3.8, 4) is 0 Å². The fourth-order valence-electron chi connectivity index (χ4n) is 4.26. The summed E-state index contributed by atoms with van der Waals surface area (Å²) in [6, 6.07) is 9.50. The summed E-state index contributed by atoms with van der Waals surface area (Å²) in [5.41, 5.74) is 2.07. The van der Waals surface area contributed by atoms with E-state index in [9.17, 15) is 5.11 Å². The number of piperidine rings is 1. The highest BCUT2D eigenvalue weighted by Gasteiger charge is 2.46. The van der Waals surface area contributed by atoms with Crippen LogP contribution in [0.1, 0.15) is 35.2 Å². The number of ether oxygens (including phenoxy) is 1. The number of hydrogen-bond donors (Lipinski definition) is 1. The Morgan fingerprint density at radius 1 is 1.27 bits per heavy atom. The van der Waals surface area contributed by atoms with Gasteiger partial charge in [0.25, 0.3) is 0 Å². The molecule has 1 aromatic carbocycles.